The molecule has 1 aliphatic heterocycles. The lowest BCUT2D eigenvalue weighted by atomic mass is 9.94. The van der Waals surface area contributed by atoms with Crippen LogP contribution in [0.1, 0.15) is 23.6 Å². The van der Waals surface area contributed by atoms with Gasteiger partial charge in [-0.25, -0.2) is 0 Å². The maximum Gasteiger partial charge on any atom is 0.219 e. The van der Waals surface area contributed by atoms with Crippen LogP contribution in [0.4, 0.5) is 0 Å². The number of ether oxygens (including phenoxy) is 5. The first-order valence-corrected chi connectivity index (χ1v) is 12.9. The average molecular weight is 520 g/mol. The number of benzene rings is 3. The lowest BCUT2D eigenvalue weighted by Crippen LogP contribution is -2.66. The number of carbonyl (C=O) groups is 1. The van der Waals surface area contributed by atoms with Crippen LogP contribution in [-0.2, 0) is 48.3 Å². The molecule has 1 saturated heterocycles. The van der Waals surface area contributed by atoms with Crippen molar-refractivity contribution in [2.24, 2.45) is 0 Å². The molecule has 0 N–H and O–H groups in total. The summed E-state index contributed by atoms with van der Waals surface area (Å²) < 4.78 is 31.2. The molecule has 1 fully saturated rings. The molecule has 1 aliphatic rings. The molecular weight excluding hydrogens is 482 g/mol. The van der Waals surface area contributed by atoms with Crippen molar-refractivity contribution >= 4 is 5.91 Å². The summed E-state index contributed by atoms with van der Waals surface area (Å²) in [5.41, 5.74) is 3.10. The van der Waals surface area contributed by atoms with Gasteiger partial charge in [-0.2, -0.15) is 0 Å². The molecule has 0 bridgehead atoms. The maximum atomic E-state index is 12.7. The zero-order chi connectivity index (χ0) is 26.7. The summed E-state index contributed by atoms with van der Waals surface area (Å²) in [4.78, 5) is 14.4. The van der Waals surface area contributed by atoms with Crippen molar-refractivity contribution in [3.8, 4) is 0 Å². The third kappa shape index (κ3) is 7.49. The summed E-state index contributed by atoms with van der Waals surface area (Å²) in [5, 5.41) is 0. The summed E-state index contributed by atoms with van der Waals surface area (Å²) in [7, 11) is 3.35. The predicted molar refractivity (Wildman–Crippen MR) is 144 cm³/mol. The van der Waals surface area contributed by atoms with Crippen LogP contribution < -0.4 is 0 Å². The first-order valence-electron chi connectivity index (χ1n) is 12.9. The van der Waals surface area contributed by atoms with E-state index in [2.05, 4.69) is 0 Å². The molecule has 0 spiro atoms. The first-order chi connectivity index (χ1) is 18.6. The van der Waals surface area contributed by atoms with Gasteiger partial charge in [0.15, 0.2) is 6.29 Å². The Bertz CT molecular complexity index is 1100. The van der Waals surface area contributed by atoms with Gasteiger partial charge < -0.3 is 28.6 Å². The molecule has 0 radical (unpaired) electrons. The molecule has 202 valence electrons. The minimum absolute atomic E-state index is 0.0997. The zero-order valence-corrected chi connectivity index (χ0v) is 22.3. The van der Waals surface area contributed by atoms with E-state index in [0.717, 1.165) is 16.7 Å². The highest BCUT2D eigenvalue weighted by atomic mass is 16.7. The van der Waals surface area contributed by atoms with E-state index in [9.17, 15) is 4.79 Å². The summed E-state index contributed by atoms with van der Waals surface area (Å²) >= 11 is 0. The minimum Gasteiger partial charge on any atom is -0.374 e. The van der Waals surface area contributed by atoms with E-state index >= 15 is 0 Å². The van der Waals surface area contributed by atoms with Gasteiger partial charge in [0.1, 0.15) is 18.3 Å². The molecule has 0 aromatic heterocycles. The monoisotopic (exact) mass is 519 g/mol. The van der Waals surface area contributed by atoms with E-state index in [0.29, 0.717) is 19.8 Å². The van der Waals surface area contributed by atoms with E-state index in [4.69, 9.17) is 23.7 Å². The van der Waals surface area contributed by atoms with Crippen molar-refractivity contribution in [3.63, 3.8) is 0 Å². The normalized spacial score (nSPS) is 23.2. The van der Waals surface area contributed by atoms with Crippen LogP contribution >= 0.6 is 0 Å². The highest BCUT2D eigenvalue weighted by Crippen LogP contribution is 2.31. The Morgan fingerprint density at radius 3 is 1.71 bits per heavy atom. The van der Waals surface area contributed by atoms with Crippen LogP contribution in [0.3, 0.4) is 0 Å². The van der Waals surface area contributed by atoms with E-state index in [1.54, 1.807) is 26.0 Å². The highest BCUT2D eigenvalue weighted by Gasteiger charge is 2.50. The second-order valence-electron chi connectivity index (χ2n) is 9.42. The van der Waals surface area contributed by atoms with E-state index in [-0.39, 0.29) is 12.5 Å². The third-order valence-corrected chi connectivity index (χ3v) is 6.76. The Balaban J connectivity index is 1.58. The second-order valence-corrected chi connectivity index (χ2v) is 9.42. The molecular formula is C31H37NO6. The van der Waals surface area contributed by atoms with E-state index in [1.165, 1.54) is 0 Å². The van der Waals surface area contributed by atoms with Crippen LogP contribution in [0.2, 0.25) is 0 Å². The fraction of sp³-hybridized carbons (Fsp3) is 0.387. The van der Waals surface area contributed by atoms with Crippen LogP contribution in [-0.4, -0.2) is 62.2 Å². The van der Waals surface area contributed by atoms with E-state index in [1.807, 2.05) is 91.0 Å². The van der Waals surface area contributed by atoms with Crippen molar-refractivity contribution in [1.82, 2.24) is 4.90 Å². The standard InChI is InChI=1S/C31H37NO6/c1-23(33)32(2)28-29(36-20-25-15-9-5-10-16-25)27(22-35-19-24-13-7-4-8-14-24)38-31(34-3)30(28)37-21-26-17-11-6-12-18-26/h4-18,27-31H,19-22H2,1-3H3/t27-,28-,29+,30-,31+/m1/s1. The van der Waals surface area contributed by atoms with Crippen molar-refractivity contribution in [3.05, 3.63) is 108 Å². The molecule has 3 aromatic rings. The quantitative estimate of drug-likeness (QED) is 0.349. The Labute approximate surface area is 225 Å². The molecule has 7 heteroatoms. The number of likely N-dealkylation sites (N-methyl/N-ethyl adjacent to an activating group) is 1. The lowest BCUT2D eigenvalue weighted by Gasteiger charge is -2.48. The molecule has 5 atom stereocenters. The number of methoxy groups -OCH3 is 1. The van der Waals surface area contributed by atoms with Gasteiger partial charge >= 0.3 is 0 Å². The first kappa shape index (κ1) is 28.0. The van der Waals surface area contributed by atoms with Crippen LogP contribution in [0, 0.1) is 0 Å². The van der Waals surface area contributed by atoms with Gasteiger partial charge in [-0.1, -0.05) is 91.0 Å². The number of rotatable bonds is 12. The van der Waals surface area contributed by atoms with Gasteiger partial charge in [0.25, 0.3) is 0 Å². The minimum atomic E-state index is -0.715. The molecule has 3 aromatic carbocycles. The number of hydrogen-bond acceptors (Lipinski definition) is 6. The molecule has 1 amide bonds. The smallest absolute Gasteiger partial charge is 0.219 e. The highest BCUT2D eigenvalue weighted by molar-refractivity contribution is 5.73. The molecule has 0 aliphatic carbocycles. The summed E-state index contributed by atoms with van der Waals surface area (Å²) in [6.07, 6.45) is -2.31. The van der Waals surface area contributed by atoms with Crippen LogP contribution in [0.25, 0.3) is 0 Å². The Hall–Kier alpha value is -3.07. The van der Waals surface area contributed by atoms with Gasteiger partial charge in [0, 0.05) is 21.1 Å². The van der Waals surface area contributed by atoms with Crippen molar-refractivity contribution in [2.45, 2.75) is 57.4 Å². The summed E-state index contributed by atoms with van der Waals surface area (Å²) in [6, 6.07) is 29.3. The Morgan fingerprint density at radius 1 is 0.763 bits per heavy atom. The molecule has 1 heterocycles. The molecule has 0 saturated carbocycles. The van der Waals surface area contributed by atoms with E-state index < -0.39 is 30.6 Å². The SMILES string of the molecule is CO[C@H]1O[C@H](COCc2ccccc2)[C@H](OCc2ccccc2)[C@@H](N(C)C(C)=O)[C@H]1OCc1ccccc1. The maximum absolute atomic E-state index is 12.7. The van der Waals surface area contributed by atoms with Gasteiger partial charge in [-0.15, -0.1) is 0 Å². The number of amides is 1. The third-order valence-electron chi connectivity index (χ3n) is 6.76. The molecule has 38 heavy (non-hydrogen) atoms. The van der Waals surface area contributed by atoms with Crippen LogP contribution in [0.5, 0.6) is 0 Å². The van der Waals surface area contributed by atoms with Gasteiger partial charge in [-0.05, 0) is 16.7 Å². The van der Waals surface area contributed by atoms with Crippen molar-refractivity contribution in [2.75, 3.05) is 20.8 Å². The average Bonchev–Trinajstić information content (AvgIpc) is 2.96. The topological polar surface area (TPSA) is 66.5 Å². The van der Waals surface area contributed by atoms with Gasteiger partial charge in [0.05, 0.1) is 32.5 Å². The largest absolute Gasteiger partial charge is 0.374 e. The Morgan fingerprint density at radius 2 is 1.24 bits per heavy atom. The summed E-state index contributed by atoms with van der Waals surface area (Å²) in [5.74, 6) is -0.0997. The summed E-state index contributed by atoms with van der Waals surface area (Å²) in [6.45, 7) is 2.94. The van der Waals surface area contributed by atoms with Crippen LogP contribution in [0.15, 0.2) is 91.0 Å². The van der Waals surface area contributed by atoms with Crippen molar-refractivity contribution < 1.29 is 28.5 Å². The lowest BCUT2D eigenvalue weighted by molar-refractivity contribution is -0.302. The second kappa shape index (κ2) is 14.2. The fourth-order valence-corrected chi connectivity index (χ4v) is 4.65. The molecule has 4 rings (SSSR count). The zero-order valence-electron chi connectivity index (χ0n) is 22.3. The number of nitrogens with zero attached hydrogens (tertiary/aromatic N) is 1. The van der Waals surface area contributed by atoms with Gasteiger partial charge in [-0.3, -0.25) is 4.79 Å². The van der Waals surface area contributed by atoms with Crippen molar-refractivity contribution in [1.29, 1.82) is 0 Å². The fourth-order valence-electron chi connectivity index (χ4n) is 4.65. The predicted octanol–water partition coefficient (Wildman–Crippen LogP) is 4.59. The number of hydrogen-bond donors (Lipinski definition) is 0. The number of carbonyl (C=O) groups excluding carboxylic acids is 1. The Kier molecular flexibility index (Phi) is 10.4. The van der Waals surface area contributed by atoms with Gasteiger partial charge in [0.2, 0.25) is 5.91 Å². The molecule has 7 nitrogen and oxygen atoms in total. The molecule has 0 unspecified atom stereocenters.